The van der Waals surface area contributed by atoms with E-state index in [1.54, 1.807) is 36.4 Å². The normalized spacial score (nSPS) is 17.0. The fourth-order valence-corrected chi connectivity index (χ4v) is 3.37. The van der Waals surface area contributed by atoms with Crippen LogP contribution in [0.4, 0.5) is 0 Å². The molecule has 2 heterocycles. The van der Waals surface area contributed by atoms with Crippen molar-refractivity contribution in [1.82, 2.24) is 10.4 Å². The number of amidine groups is 1. The van der Waals surface area contributed by atoms with E-state index < -0.39 is 21.0 Å². The zero-order valence-corrected chi connectivity index (χ0v) is 17.1. The van der Waals surface area contributed by atoms with Gasteiger partial charge in [0.25, 0.3) is 11.8 Å². The van der Waals surface area contributed by atoms with E-state index in [0.717, 1.165) is 5.01 Å². The molecule has 0 saturated carbocycles. The zero-order chi connectivity index (χ0) is 20.3. The second-order valence-corrected chi connectivity index (χ2v) is 8.79. The molecule has 0 radical (unpaired) electrons. The molecule has 0 saturated heterocycles. The maximum absolute atomic E-state index is 12.8. The lowest BCUT2D eigenvalue weighted by Crippen LogP contribution is -2.50. The maximum atomic E-state index is 12.8. The summed E-state index contributed by atoms with van der Waals surface area (Å²) in [6.07, 6.45) is 2.71. The van der Waals surface area contributed by atoms with Crippen molar-refractivity contribution < 1.29 is 14.0 Å². The number of rotatable bonds is 5. The summed E-state index contributed by atoms with van der Waals surface area (Å²) < 4.78 is 3.52. The van der Waals surface area contributed by atoms with Gasteiger partial charge in [0.15, 0.2) is 9.63 Å². The topological polar surface area (TPSA) is 74.9 Å². The summed E-state index contributed by atoms with van der Waals surface area (Å²) in [6.45, 7) is 0. The van der Waals surface area contributed by atoms with E-state index in [1.807, 2.05) is 6.07 Å². The van der Waals surface area contributed by atoms with Gasteiger partial charge in [0, 0.05) is 18.1 Å². The van der Waals surface area contributed by atoms with Gasteiger partial charge in [0.2, 0.25) is 0 Å². The number of nitrogens with zero attached hydrogens (tertiary/aromatic N) is 2. The van der Waals surface area contributed by atoms with Crippen molar-refractivity contribution in [3.05, 3.63) is 65.7 Å². The lowest BCUT2D eigenvalue weighted by molar-refractivity contribution is -0.133. The van der Waals surface area contributed by atoms with Crippen LogP contribution in [0.25, 0.3) is 6.08 Å². The highest BCUT2D eigenvalue weighted by molar-refractivity contribution is 6.67. The van der Waals surface area contributed by atoms with Crippen LogP contribution in [0.2, 0.25) is 0 Å². The van der Waals surface area contributed by atoms with E-state index in [1.165, 1.54) is 12.3 Å². The number of hydrogen-bond donors (Lipinski definition) is 1. The van der Waals surface area contributed by atoms with Crippen molar-refractivity contribution in [2.24, 2.45) is 4.99 Å². The van der Waals surface area contributed by atoms with Gasteiger partial charge in [-0.05, 0) is 12.1 Å². The molecule has 1 aromatic carbocycles. The quantitative estimate of drug-likeness (QED) is 0.533. The Morgan fingerprint density at radius 2 is 1.93 bits per heavy atom. The van der Waals surface area contributed by atoms with Crippen LogP contribution in [0.1, 0.15) is 17.7 Å². The number of furan rings is 1. The van der Waals surface area contributed by atoms with Crippen LogP contribution in [0.5, 0.6) is 0 Å². The molecule has 3 rings (SSSR count). The van der Waals surface area contributed by atoms with Gasteiger partial charge in [0.05, 0.1) is 6.26 Å². The third-order valence-corrected chi connectivity index (χ3v) is 4.45. The number of nitrogens with one attached hydrogen (secondary N) is 1. The third-order valence-electron chi connectivity index (χ3n) is 3.63. The minimum absolute atomic E-state index is 0.0848. The van der Waals surface area contributed by atoms with Crippen molar-refractivity contribution in [2.75, 3.05) is 0 Å². The summed E-state index contributed by atoms with van der Waals surface area (Å²) in [6, 6.07) is 12.2. The largest absolute Gasteiger partial charge is 0.465 e. The minimum Gasteiger partial charge on any atom is -0.465 e. The van der Waals surface area contributed by atoms with Gasteiger partial charge in [-0.15, -0.1) is 11.6 Å². The van der Waals surface area contributed by atoms with E-state index in [2.05, 4.69) is 10.4 Å². The predicted molar refractivity (Wildman–Crippen MR) is 109 cm³/mol. The number of alkyl halides is 4. The van der Waals surface area contributed by atoms with Crippen LogP contribution < -0.4 is 5.43 Å². The van der Waals surface area contributed by atoms with Crippen LogP contribution >= 0.6 is 46.4 Å². The van der Waals surface area contributed by atoms with Crippen LogP contribution in [0, 0.1) is 0 Å². The number of carbonyl (C=O) groups is 2. The van der Waals surface area contributed by atoms with Crippen molar-refractivity contribution in [3.8, 4) is 0 Å². The Labute approximate surface area is 180 Å². The highest BCUT2D eigenvalue weighted by Gasteiger charge is 2.36. The van der Waals surface area contributed by atoms with Gasteiger partial charge in [0.1, 0.15) is 16.8 Å². The standard InChI is InChI=1S/C18H13Cl4N3O3/c19-13(10-18(20,21)22)16(26)24-25-15(11-5-2-1-3-6-11)23-14(17(25)27)9-12-7-4-8-28-12/h1-9,13H,10H2,(H,24,26)/b14-9-/t13-/m0/s1. The van der Waals surface area contributed by atoms with Crippen LogP contribution in [0.3, 0.4) is 0 Å². The molecule has 0 fully saturated rings. The first-order chi connectivity index (χ1) is 13.2. The molecule has 28 heavy (non-hydrogen) atoms. The Bertz CT molecular complexity index is 921. The van der Waals surface area contributed by atoms with Crippen LogP contribution in [-0.2, 0) is 9.59 Å². The number of halogens is 4. The Hall–Kier alpha value is -1.99. The van der Waals surface area contributed by atoms with Gasteiger partial charge < -0.3 is 4.42 Å². The molecule has 2 amide bonds. The highest BCUT2D eigenvalue weighted by Crippen LogP contribution is 2.33. The summed E-state index contributed by atoms with van der Waals surface area (Å²) in [5, 5.41) is -0.157. The molecular formula is C18H13Cl4N3O3. The average molecular weight is 461 g/mol. The predicted octanol–water partition coefficient (Wildman–Crippen LogP) is 4.31. The van der Waals surface area contributed by atoms with Crippen molar-refractivity contribution in [1.29, 1.82) is 0 Å². The van der Waals surface area contributed by atoms with E-state index >= 15 is 0 Å². The van der Waals surface area contributed by atoms with Crippen molar-refractivity contribution in [2.45, 2.75) is 15.6 Å². The molecule has 0 aliphatic carbocycles. The van der Waals surface area contributed by atoms with E-state index in [0.29, 0.717) is 11.3 Å². The summed E-state index contributed by atoms with van der Waals surface area (Å²) in [5.41, 5.74) is 3.15. The van der Waals surface area contributed by atoms with Gasteiger partial charge >= 0.3 is 0 Å². The van der Waals surface area contributed by atoms with Gasteiger partial charge in [-0.2, -0.15) is 5.01 Å². The minimum atomic E-state index is -1.71. The van der Waals surface area contributed by atoms with Crippen LogP contribution in [-0.4, -0.2) is 31.8 Å². The fraction of sp³-hybridized carbons (Fsp3) is 0.167. The Morgan fingerprint density at radius 1 is 1.21 bits per heavy atom. The molecule has 2 aromatic rings. The SMILES string of the molecule is O=C(NN1C(=O)/C(=C/c2ccco2)N=C1c1ccccc1)[C@@H](Cl)CC(Cl)(Cl)Cl. The summed E-state index contributed by atoms with van der Waals surface area (Å²) in [5.74, 6) is -0.584. The number of hydrogen-bond acceptors (Lipinski definition) is 4. The Balaban J connectivity index is 1.89. The molecule has 1 aliphatic heterocycles. The molecule has 1 N–H and O–H groups in total. The highest BCUT2D eigenvalue weighted by atomic mass is 35.6. The summed E-state index contributed by atoms with van der Waals surface area (Å²) in [4.78, 5) is 29.6. The van der Waals surface area contributed by atoms with E-state index in [4.69, 9.17) is 50.8 Å². The zero-order valence-electron chi connectivity index (χ0n) is 14.1. The lowest BCUT2D eigenvalue weighted by Gasteiger charge is -2.22. The molecule has 10 heteroatoms. The third kappa shape index (κ3) is 5.08. The molecule has 0 bridgehead atoms. The first-order valence-electron chi connectivity index (χ1n) is 8.00. The molecule has 1 aromatic heterocycles. The number of hydrazine groups is 1. The number of aliphatic imine (C=N–C) groups is 1. The monoisotopic (exact) mass is 459 g/mol. The molecule has 1 atom stereocenters. The van der Waals surface area contributed by atoms with E-state index in [9.17, 15) is 9.59 Å². The number of carbonyl (C=O) groups excluding carboxylic acids is 2. The molecular weight excluding hydrogens is 448 g/mol. The first-order valence-corrected chi connectivity index (χ1v) is 9.57. The maximum Gasteiger partial charge on any atom is 0.297 e. The summed E-state index contributed by atoms with van der Waals surface area (Å²) >= 11 is 23.1. The molecule has 6 nitrogen and oxygen atoms in total. The second-order valence-electron chi connectivity index (χ2n) is 5.75. The molecule has 146 valence electrons. The lowest BCUT2D eigenvalue weighted by atomic mass is 10.2. The molecule has 1 aliphatic rings. The second kappa shape index (κ2) is 8.57. The average Bonchev–Trinajstić information content (AvgIpc) is 3.25. The summed E-state index contributed by atoms with van der Waals surface area (Å²) in [7, 11) is 0. The first kappa shape index (κ1) is 20.7. The van der Waals surface area contributed by atoms with Crippen molar-refractivity contribution >= 4 is 70.1 Å². The number of amides is 2. The smallest absolute Gasteiger partial charge is 0.297 e. The van der Waals surface area contributed by atoms with Gasteiger partial charge in [-0.25, -0.2) is 4.99 Å². The Kier molecular flexibility index (Phi) is 6.35. The van der Waals surface area contributed by atoms with Crippen LogP contribution in [0.15, 0.2) is 63.8 Å². The fourth-order valence-electron chi connectivity index (χ4n) is 2.39. The Morgan fingerprint density at radius 3 is 2.54 bits per heavy atom. The molecule has 0 spiro atoms. The van der Waals surface area contributed by atoms with Crippen molar-refractivity contribution in [3.63, 3.8) is 0 Å². The van der Waals surface area contributed by atoms with Gasteiger partial charge in [-0.1, -0.05) is 65.1 Å². The number of benzene rings is 1. The van der Waals surface area contributed by atoms with E-state index in [-0.39, 0.29) is 18.0 Å². The molecule has 0 unspecified atom stereocenters. The van der Waals surface area contributed by atoms with Gasteiger partial charge in [-0.3, -0.25) is 15.0 Å².